The molecular formula is C7H11NS. The second kappa shape index (κ2) is 2.48. The first-order chi connectivity index (χ1) is 4.24. The molecule has 0 aliphatic heterocycles. The Bertz CT molecular complexity index is 203. The molecule has 1 rings (SSSR count). The number of thioether (sulfide) groups is 1. The Hall–Kier alpha value is -0.370. The molecule has 2 heteroatoms. The van der Waals surface area contributed by atoms with Gasteiger partial charge in [-0.1, -0.05) is 0 Å². The van der Waals surface area contributed by atoms with E-state index in [9.17, 15) is 0 Å². The lowest BCUT2D eigenvalue weighted by Crippen LogP contribution is -1.70. The largest absolute Gasteiger partial charge is 0.354 e. The number of hydrogen-bond acceptors (Lipinski definition) is 1. The molecule has 1 N–H and O–H groups in total. The molecule has 1 aromatic rings. The fourth-order valence-electron chi connectivity index (χ4n) is 0.916. The fourth-order valence-corrected chi connectivity index (χ4v) is 1.56. The predicted molar refractivity (Wildman–Crippen MR) is 42.0 cm³/mol. The molecule has 0 radical (unpaired) electrons. The highest BCUT2D eigenvalue weighted by Gasteiger charge is 1.97. The zero-order valence-corrected chi connectivity index (χ0v) is 6.80. The van der Waals surface area contributed by atoms with Gasteiger partial charge in [-0.2, -0.15) is 0 Å². The standard InChI is InChI=1S/C7H11NS/c1-5-4-6(2)8-7(5)9-3/h4,8H,1-3H3. The van der Waals surface area contributed by atoms with Gasteiger partial charge in [-0.3, -0.25) is 0 Å². The van der Waals surface area contributed by atoms with Crippen molar-refractivity contribution in [1.29, 1.82) is 0 Å². The number of nitrogens with one attached hydrogen (secondary N) is 1. The highest BCUT2D eigenvalue weighted by molar-refractivity contribution is 7.98. The summed E-state index contributed by atoms with van der Waals surface area (Å²) in [6, 6.07) is 2.16. The van der Waals surface area contributed by atoms with E-state index in [0.29, 0.717) is 0 Å². The maximum Gasteiger partial charge on any atom is 0.0750 e. The van der Waals surface area contributed by atoms with Gasteiger partial charge in [0.2, 0.25) is 0 Å². The van der Waals surface area contributed by atoms with Crippen molar-refractivity contribution < 1.29 is 0 Å². The third-order valence-electron chi connectivity index (χ3n) is 1.31. The average molecular weight is 141 g/mol. The molecule has 0 saturated heterocycles. The van der Waals surface area contributed by atoms with Gasteiger partial charge in [0.15, 0.2) is 0 Å². The van der Waals surface area contributed by atoms with Crippen molar-refractivity contribution in [1.82, 2.24) is 4.98 Å². The van der Waals surface area contributed by atoms with Crippen molar-refractivity contribution in [2.24, 2.45) is 0 Å². The lowest BCUT2D eigenvalue weighted by atomic mass is 10.3. The fraction of sp³-hybridized carbons (Fsp3) is 0.429. The van der Waals surface area contributed by atoms with Crippen molar-refractivity contribution in [3.8, 4) is 0 Å². The van der Waals surface area contributed by atoms with Crippen LogP contribution in [0.2, 0.25) is 0 Å². The van der Waals surface area contributed by atoms with Crippen molar-refractivity contribution in [2.75, 3.05) is 6.26 Å². The predicted octanol–water partition coefficient (Wildman–Crippen LogP) is 2.35. The average Bonchev–Trinajstić information content (AvgIpc) is 2.10. The Balaban J connectivity index is 3.01. The molecule has 1 aromatic heterocycles. The number of aryl methyl sites for hydroxylation is 2. The Labute approximate surface area is 59.9 Å². The molecular weight excluding hydrogens is 130 g/mol. The molecule has 0 amide bonds. The van der Waals surface area contributed by atoms with Crippen molar-refractivity contribution in [3.63, 3.8) is 0 Å². The molecule has 0 saturated carbocycles. The minimum Gasteiger partial charge on any atom is -0.354 e. The zero-order valence-electron chi connectivity index (χ0n) is 5.99. The van der Waals surface area contributed by atoms with Crippen LogP contribution in [0.5, 0.6) is 0 Å². The van der Waals surface area contributed by atoms with Crippen LogP contribution in [0.4, 0.5) is 0 Å². The monoisotopic (exact) mass is 141 g/mol. The second-order valence-corrected chi connectivity index (χ2v) is 2.99. The van der Waals surface area contributed by atoms with E-state index in [4.69, 9.17) is 0 Å². The Morgan fingerprint density at radius 2 is 2.11 bits per heavy atom. The molecule has 1 nitrogen and oxygen atoms in total. The Kier molecular flexibility index (Phi) is 1.86. The molecule has 0 aromatic carbocycles. The number of aromatic nitrogens is 1. The van der Waals surface area contributed by atoms with Gasteiger partial charge in [0.25, 0.3) is 0 Å². The quantitative estimate of drug-likeness (QED) is 0.593. The summed E-state index contributed by atoms with van der Waals surface area (Å²) >= 11 is 1.76. The molecule has 0 bridgehead atoms. The van der Waals surface area contributed by atoms with Gasteiger partial charge in [-0.25, -0.2) is 0 Å². The van der Waals surface area contributed by atoms with Crippen LogP contribution in [-0.2, 0) is 0 Å². The van der Waals surface area contributed by atoms with Crippen LogP contribution in [0.1, 0.15) is 11.3 Å². The summed E-state index contributed by atoms with van der Waals surface area (Å²) in [6.45, 7) is 4.20. The van der Waals surface area contributed by atoms with Gasteiger partial charge in [0, 0.05) is 5.69 Å². The third kappa shape index (κ3) is 1.30. The van der Waals surface area contributed by atoms with Crippen LogP contribution >= 0.6 is 11.8 Å². The van der Waals surface area contributed by atoms with E-state index in [1.807, 2.05) is 0 Å². The van der Waals surface area contributed by atoms with Gasteiger partial charge in [0.05, 0.1) is 5.03 Å². The minimum atomic E-state index is 1.25. The second-order valence-electron chi connectivity index (χ2n) is 2.17. The minimum absolute atomic E-state index is 1.25. The summed E-state index contributed by atoms with van der Waals surface area (Å²) in [4.78, 5) is 3.26. The number of aromatic amines is 1. The Morgan fingerprint density at radius 3 is 2.33 bits per heavy atom. The van der Waals surface area contributed by atoms with Crippen LogP contribution in [0.15, 0.2) is 11.1 Å². The van der Waals surface area contributed by atoms with Gasteiger partial charge in [-0.15, -0.1) is 11.8 Å². The maximum atomic E-state index is 3.26. The van der Waals surface area contributed by atoms with E-state index in [1.54, 1.807) is 11.8 Å². The SMILES string of the molecule is CSc1[nH]c(C)cc1C. The summed E-state index contributed by atoms with van der Waals surface area (Å²) in [6.07, 6.45) is 2.08. The lowest BCUT2D eigenvalue weighted by molar-refractivity contribution is 1.12. The highest BCUT2D eigenvalue weighted by Crippen LogP contribution is 2.18. The normalized spacial score (nSPS) is 10.1. The number of hydrogen-bond donors (Lipinski definition) is 1. The van der Waals surface area contributed by atoms with E-state index in [-0.39, 0.29) is 0 Å². The van der Waals surface area contributed by atoms with Crippen LogP contribution in [0, 0.1) is 13.8 Å². The lowest BCUT2D eigenvalue weighted by Gasteiger charge is -1.89. The molecule has 1 heterocycles. The molecule has 0 unspecified atom stereocenters. The number of rotatable bonds is 1. The van der Waals surface area contributed by atoms with E-state index in [1.165, 1.54) is 16.3 Å². The van der Waals surface area contributed by atoms with E-state index in [0.717, 1.165) is 0 Å². The van der Waals surface area contributed by atoms with Crippen LogP contribution in [0.25, 0.3) is 0 Å². The van der Waals surface area contributed by atoms with E-state index >= 15 is 0 Å². The Morgan fingerprint density at radius 1 is 1.44 bits per heavy atom. The van der Waals surface area contributed by atoms with Crippen LogP contribution < -0.4 is 0 Å². The summed E-state index contributed by atoms with van der Waals surface area (Å²) in [5, 5.41) is 1.28. The molecule has 50 valence electrons. The molecule has 0 aliphatic carbocycles. The van der Waals surface area contributed by atoms with E-state index < -0.39 is 0 Å². The summed E-state index contributed by atoms with van der Waals surface area (Å²) < 4.78 is 0. The maximum absolute atomic E-state index is 3.26. The summed E-state index contributed by atoms with van der Waals surface area (Å²) in [7, 11) is 0. The van der Waals surface area contributed by atoms with Crippen LogP contribution in [0.3, 0.4) is 0 Å². The van der Waals surface area contributed by atoms with Gasteiger partial charge in [-0.05, 0) is 31.7 Å². The molecule has 9 heavy (non-hydrogen) atoms. The topological polar surface area (TPSA) is 15.8 Å². The van der Waals surface area contributed by atoms with E-state index in [2.05, 4.69) is 31.2 Å². The first kappa shape index (κ1) is 6.75. The smallest absolute Gasteiger partial charge is 0.0750 e. The molecule has 0 spiro atoms. The molecule has 0 atom stereocenters. The zero-order chi connectivity index (χ0) is 6.85. The highest BCUT2D eigenvalue weighted by atomic mass is 32.2. The van der Waals surface area contributed by atoms with Crippen molar-refractivity contribution >= 4 is 11.8 Å². The number of H-pyrrole nitrogens is 1. The van der Waals surface area contributed by atoms with Gasteiger partial charge in [0.1, 0.15) is 0 Å². The first-order valence-corrected chi connectivity index (χ1v) is 4.16. The van der Waals surface area contributed by atoms with Gasteiger partial charge < -0.3 is 4.98 Å². The summed E-state index contributed by atoms with van der Waals surface area (Å²) in [5.41, 5.74) is 2.59. The first-order valence-electron chi connectivity index (χ1n) is 2.94. The van der Waals surface area contributed by atoms with Crippen molar-refractivity contribution in [3.05, 3.63) is 17.3 Å². The molecule has 0 aliphatic rings. The van der Waals surface area contributed by atoms with Crippen LogP contribution in [-0.4, -0.2) is 11.2 Å². The molecule has 0 fully saturated rings. The van der Waals surface area contributed by atoms with Crippen molar-refractivity contribution in [2.45, 2.75) is 18.9 Å². The third-order valence-corrected chi connectivity index (χ3v) is 2.14. The van der Waals surface area contributed by atoms with Gasteiger partial charge >= 0.3 is 0 Å². The summed E-state index contributed by atoms with van der Waals surface area (Å²) in [5.74, 6) is 0.